The second-order valence-electron chi connectivity index (χ2n) is 4.36. The lowest BCUT2D eigenvalue weighted by atomic mass is 10.1. The maximum atomic E-state index is 11.8. The molecule has 2 amide bonds. The van der Waals surface area contributed by atoms with E-state index in [-0.39, 0.29) is 11.8 Å². The van der Waals surface area contributed by atoms with Gasteiger partial charge in [-0.2, -0.15) is 5.10 Å². The normalized spacial score (nSPS) is 10.1. The molecule has 0 spiro atoms. The molecule has 0 aliphatic heterocycles. The smallest absolute Gasteiger partial charge is 0.254 e. The van der Waals surface area contributed by atoms with Crippen molar-refractivity contribution in [3.05, 3.63) is 53.3 Å². The van der Waals surface area contributed by atoms with Gasteiger partial charge in [0.25, 0.3) is 11.8 Å². The quantitative estimate of drug-likeness (QED) is 0.860. The number of aromatic nitrogens is 2. The van der Waals surface area contributed by atoms with E-state index in [1.807, 2.05) is 12.1 Å². The van der Waals surface area contributed by atoms with Crippen molar-refractivity contribution >= 4 is 11.8 Å². The summed E-state index contributed by atoms with van der Waals surface area (Å²) in [7, 11) is 3.35. The number of rotatable bonds is 4. The highest BCUT2D eigenvalue weighted by Gasteiger charge is 2.07. The van der Waals surface area contributed by atoms with Crippen molar-refractivity contribution in [3.63, 3.8) is 0 Å². The molecule has 2 aromatic rings. The summed E-state index contributed by atoms with van der Waals surface area (Å²) in [5.41, 5.74) is 2.04. The second kappa shape index (κ2) is 6.01. The molecule has 2 N–H and O–H groups in total. The van der Waals surface area contributed by atoms with Gasteiger partial charge in [0.15, 0.2) is 0 Å². The van der Waals surface area contributed by atoms with E-state index in [9.17, 15) is 9.59 Å². The van der Waals surface area contributed by atoms with Crippen molar-refractivity contribution in [2.24, 2.45) is 7.05 Å². The van der Waals surface area contributed by atoms with Crippen molar-refractivity contribution in [1.29, 1.82) is 0 Å². The molecule has 1 aromatic heterocycles. The lowest BCUT2D eigenvalue weighted by Crippen LogP contribution is -2.22. The molecule has 2 rings (SSSR count). The Hall–Kier alpha value is -2.63. The lowest BCUT2D eigenvalue weighted by molar-refractivity contribution is 0.0946. The van der Waals surface area contributed by atoms with Gasteiger partial charge < -0.3 is 10.6 Å². The summed E-state index contributed by atoms with van der Waals surface area (Å²) >= 11 is 0. The minimum Gasteiger partial charge on any atom is -0.355 e. The van der Waals surface area contributed by atoms with E-state index >= 15 is 0 Å². The monoisotopic (exact) mass is 272 g/mol. The number of benzene rings is 1. The van der Waals surface area contributed by atoms with Crippen molar-refractivity contribution in [1.82, 2.24) is 20.4 Å². The zero-order chi connectivity index (χ0) is 14.5. The molecular weight excluding hydrogens is 256 g/mol. The maximum absolute atomic E-state index is 11.8. The van der Waals surface area contributed by atoms with Crippen LogP contribution in [0.4, 0.5) is 0 Å². The van der Waals surface area contributed by atoms with Crippen molar-refractivity contribution in [2.75, 3.05) is 7.05 Å². The number of carbonyl (C=O) groups is 2. The molecule has 0 radical (unpaired) electrons. The number of hydrogen-bond donors (Lipinski definition) is 2. The molecule has 0 saturated carbocycles. The Kier molecular flexibility index (Phi) is 4.14. The van der Waals surface area contributed by atoms with Crippen LogP contribution in [0, 0.1) is 0 Å². The minimum absolute atomic E-state index is 0.129. The number of hydrogen-bond acceptors (Lipinski definition) is 3. The van der Waals surface area contributed by atoms with E-state index in [0.717, 1.165) is 5.56 Å². The van der Waals surface area contributed by atoms with Gasteiger partial charge in [-0.1, -0.05) is 12.1 Å². The van der Waals surface area contributed by atoms with E-state index < -0.39 is 0 Å². The van der Waals surface area contributed by atoms with Crippen LogP contribution < -0.4 is 10.6 Å². The Labute approximate surface area is 116 Å². The zero-order valence-corrected chi connectivity index (χ0v) is 11.4. The molecule has 0 saturated heterocycles. The van der Waals surface area contributed by atoms with E-state index in [2.05, 4.69) is 15.7 Å². The van der Waals surface area contributed by atoms with Gasteiger partial charge in [-0.05, 0) is 17.7 Å². The molecule has 0 unspecified atom stereocenters. The first kappa shape index (κ1) is 13.8. The molecule has 0 atom stereocenters. The number of nitrogens with zero attached hydrogens (tertiary/aromatic N) is 2. The van der Waals surface area contributed by atoms with E-state index in [1.165, 1.54) is 6.20 Å². The van der Waals surface area contributed by atoms with Crippen LogP contribution in [-0.4, -0.2) is 28.6 Å². The molecule has 104 valence electrons. The first-order valence-corrected chi connectivity index (χ1v) is 6.18. The largest absolute Gasteiger partial charge is 0.355 e. The van der Waals surface area contributed by atoms with Gasteiger partial charge in [-0.3, -0.25) is 14.3 Å². The van der Waals surface area contributed by atoms with E-state index in [0.29, 0.717) is 17.7 Å². The minimum atomic E-state index is -0.173. The first-order valence-electron chi connectivity index (χ1n) is 6.18. The maximum Gasteiger partial charge on any atom is 0.254 e. The Morgan fingerprint density at radius 2 is 1.85 bits per heavy atom. The summed E-state index contributed by atoms with van der Waals surface area (Å²) in [5, 5.41) is 9.30. The Balaban J connectivity index is 1.94. The Bertz CT molecular complexity index is 616. The van der Waals surface area contributed by atoms with Crippen LogP contribution in [0.5, 0.6) is 0 Å². The first-order chi connectivity index (χ1) is 9.60. The summed E-state index contributed by atoms with van der Waals surface area (Å²) in [6, 6.07) is 7.08. The highest BCUT2D eigenvalue weighted by atomic mass is 16.2. The van der Waals surface area contributed by atoms with Gasteiger partial charge in [0, 0.05) is 32.4 Å². The standard InChI is InChI=1S/C14H16N4O2/c1-15-13(19)11-5-3-10(4-6-11)7-16-14(20)12-8-17-18(2)9-12/h3-6,8-9H,7H2,1-2H3,(H,15,19)(H,16,20). The molecule has 0 fully saturated rings. The van der Waals surface area contributed by atoms with Crippen LogP contribution in [0.15, 0.2) is 36.7 Å². The summed E-state index contributed by atoms with van der Waals surface area (Å²) in [4.78, 5) is 23.2. The Morgan fingerprint density at radius 1 is 1.15 bits per heavy atom. The highest BCUT2D eigenvalue weighted by Crippen LogP contribution is 2.05. The van der Waals surface area contributed by atoms with Crippen LogP contribution in [-0.2, 0) is 13.6 Å². The van der Waals surface area contributed by atoms with Crippen LogP contribution in [0.3, 0.4) is 0 Å². The molecular formula is C14H16N4O2. The third-order valence-electron chi connectivity index (χ3n) is 2.86. The second-order valence-corrected chi connectivity index (χ2v) is 4.36. The van der Waals surface area contributed by atoms with Gasteiger partial charge in [-0.25, -0.2) is 0 Å². The average Bonchev–Trinajstić information content (AvgIpc) is 2.91. The van der Waals surface area contributed by atoms with Crippen molar-refractivity contribution < 1.29 is 9.59 Å². The zero-order valence-electron chi connectivity index (χ0n) is 11.4. The van der Waals surface area contributed by atoms with Gasteiger partial charge in [0.05, 0.1) is 11.8 Å². The third kappa shape index (κ3) is 3.23. The summed E-state index contributed by atoms with van der Waals surface area (Å²) in [5.74, 6) is -0.301. The van der Waals surface area contributed by atoms with E-state index in [1.54, 1.807) is 37.1 Å². The summed E-state index contributed by atoms with van der Waals surface area (Å²) < 4.78 is 1.58. The molecule has 0 aliphatic carbocycles. The summed E-state index contributed by atoms with van der Waals surface area (Å²) in [6.45, 7) is 0.405. The molecule has 6 nitrogen and oxygen atoms in total. The van der Waals surface area contributed by atoms with Crippen LogP contribution in [0.25, 0.3) is 0 Å². The highest BCUT2D eigenvalue weighted by molar-refractivity contribution is 5.94. The van der Waals surface area contributed by atoms with Crippen LogP contribution in [0.2, 0.25) is 0 Å². The van der Waals surface area contributed by atoms with Gasteiger partial charge in [-0.15, -0.1) is 0 Å². The molecule has 0 aliphatic rings. The fraction of sp³-hybridized carbons (Fsp3) is 0.214. The SMILES string of the molecule is CNC(=O)c1ccc(CNC(=O)c2cnn(C)c2)cc1. The van der Waals surface area contributed by atoms with Crippen molar-refractivity contribution in [2.45, 2.75) is 6.54 Å². The lowest BCUT2D eigenvalue weighted by Gasteiger charge is -2.05. The average molecular weight is 272 g/mol. The number of nitrogens with one attached hydrogen (secondary N) is 2. The fourth-order valence-electron chi connectivity index (χ4n) is 1.74. The topological polar surface area (TPSA) is 76.0 Å². The predicted molar refractivity (Wildman–Crippen MR) is 74.2 cm³/mol. The molecule has 6 heteroatoms. The van der Waals surface area contributed by atoms with Gasteiger partial charge in [0.2, 0.25) is 0 Å². The third-order valence-corrected chi connectivity index (χ3v) is 2.86. The van der Waals surface area contributed by atoms with Crippen LogP contribution in [0.1, 0.15) is 26.3 Å². The Morgan fingerprint density at radius 3 is 2.40 bits per heavy atom. The number of carbonyl (C=O) groups excluding carboxylic acids is 2. The number of amides is 2. The van der Waals surface area contributed by atoms with E-state index in [4.69, 9.17) is 0 Å². The number of aryl methyl sites for hydroxylation is 1. The van der Waals surface area contributed by atoms with Crippen molar-refractivity contribution in [3.8, 4) is 0 Å². The predicted octanol–water partition coefficient (Wildman–Crippen LogP) is 0.710. The molecule has 20 heavy (non-hydrogen) atoms. The molecule has 0 bridgehead atoms. The van der Waals surface area contributed by atoms with Crippen LogP contribution >= 0.6 is 0 Å². The summed E-state index contributed by atoms with van der Waals surface area (Å²) in [6.07, 6.45) is 3.17. The molecule has 1 aromatic carbocycles. The van der Waals surface area contributed by atoms with Gasteiger partial charge >= 0.3 is 0 Å². The van der Waals surface area contributed by atoms with Gasteiger partial charge in [0.1, 0.15) is 0 Å². The fourth-order valence-corrected chi connectivity index (χ4v) is 1.74. The molecule has 1 heterocycles.